The van der Waals surface area contributed by atoms with Gasteiger partial charge in [-0.25, -0.2) is 4.83 Å². The molecule has 0 bridgehead atoms. The van der Waals surface area contributed by atoms with E-state index in [1.807, 2.05) is 31.2 Å². The average molecular weight is 347 g/mol. The second-order valence-electron chi connectivity index (χ2n) is 5.15. The summed E-state index contributed by atoms with van der Waals surface area (Å²) in [6.07, 6.45) is 2.29. The summed E-state index contributed by atoms with van der Waals surface area (Å²) in [5.74, 6) is 0. The van der Waals surface area contributed by atoms with Crippen molar-refractivity contribution in [1.29, 1.82) is 0 Å². The van der Waals surface area contributed by atoms with Gasteiger partial charge in [-0.1, -0.05) is 37.3 Å². The monoisotopic (exact) mass is 347 g/mol. The summed E-state index contributed by atoms with van der Waals surface area (Å²) in [5.41, 5.74) is 2.04. The van der Waals surface area contributed by atoms with Crippen molar-refractivity contribution >= 4 is 21.9 Å². The predicted molar refractivity (Wildman–Crippen MR) is 91.6 cm³/mol. The lowest BCUT2D eigenvalue weighted by Gasteiger charge is -2.04. The molecule has 0 fully saturated rings. The number of nitrogens with zero attached hydrogens (tertiary/aromatic N) is 2. The Hall–Kier alpha value is -2.74. The van der Waals surface area contributed by atoms with E-state index in [1.54, 1.807) is 6.92 Å². The summed E-state index contributed by atoms with van der Waals surface area (Å²) in [6.45, 7) is 3.58. The molecule has 0 saturated heterocycles. The fraction of sp³-hybridized carbons (Fsp3) is 0.188. The number of rotatable bonds is 6. The third-order valence-electron chi connectivity index (χ3n) is 3.46. The zero-order valence-corrected chi connectivity index (χ0v) is 14.1. The number of benzene rings is 2. The summed E-state index contributed by atoms with van der Waals surface area (Å²) in [5, 5.41) is 14.6. The van der Waals surface area contributed by atoms with Crippen molar-refractivity contribution in [2.24, 2.45) is 5.10 Å². The molecule has 0 saturated carbocycles. The van der Waals surface area contributed by atoms with Crippen LogP contribution in [0.15, 0.2) is 52.5 Å². The van der Waals surface area contributed by atoms with Crippen molar-refractivity contribution in [3.05, 3.63) is 69.3 Å². The lowest BCUT2D eigenvalue weighted by Crippen LogP contribution is -2.18. The molecule has 24 heavy (non-hydrogen) atoms. The number of sulfonamides is 1. The van der Waals surface area contributed by atoms with Gasteiger partial charge < -0.3 is 0 Å². The van der Waals surface area contributed by atoms with Crippen LogP contribution in [0.2, 0.25) is 0 Å². The molecule has 0 heterocycles. The van der Waals surface area contributed by atoms with Crippen LogP contribution in [0.3, 0.4) is 0 Å². The molecule has 0 atom stereocenters. The van der Waals surface area contributed by atoms with E-state index in [-0.39, 0.29) is 10.6 Å². The van der Waals surface area contributed by atoms with Gasteiger partial charge in [0.05, 0.1) is 16.0 Å². The van der Waals surface area contributed by atoms with E-state index < -0.39 is 14.9 Å². The highest BCUT2D eigenvalue weighted by molar-refractivity contribution is 7.89. The number of nitro benzene ring substituents is 1. The molecular formula is C16H17N3O4S. The first-order valence-corrected chi connectivity index (χ1v) is 8.70. The second-order valence-corrected chi connectivity index (χ2v) is 6.81. The minimum atomic E-state index is -3.97. The fourth-order valence-electron chi connectivity index (χ4n) is 2.02. The second kappa shape index (κ2) is 7.22. The van der Waals surface area contributed by atoms with Crippen molar-refractivity contribution in [3.63, 3.8) is 0 Å². The lowest BCUT2D eigenvalue weighted by atomic mass is 10.1. The van der Waals surface area contributed by atoms with Crippen LogP contribution in [0.1, 0.15) is 23.6 Å². The Labute approximate surface area is 140 Å². The quantitative estimate of drug-likeness (QED) is 0.493. The molecule has 0 amide bonds. The molecule has 126 valence electrons. The summed E-state index contributed by atoms with van der Waals surface area (Å²) >= 11 is 0. The summed E-state index contributed by atoms with van der Waals surface area (Å²) < 4.78 is 24.3. The number of nitro groups is 1. The van der Waals surface area contributed by atoms with Gasteiger partial charge in [-0.3, -0.25) is 10.1 Å². The summed E-state index contributed by atoms with van der Waals surface area (Å²) in [6, 6.07) is 11.2. The lowest BCUT2D eigenvalue weighted by molar-refractivity contribution is -0.385. The Kier molecular flexibility index (Phi) is 5.30. The Morgan fingerprint density at radius 1 is 1.21 bits per heavy atom. The van der Waals surface area contributed by atoms with Gasteiger partial charge in [-0.05, 0) is 30.5 Å². The van der Waals surface area contributed by atoms with Gasteiger partial charge in [-0.2, -0.15) is 13.5 Å². The third kappa shape index (κ3) is 4.17. The topological polar surface area (TPSA) is 102 Å². The normalized spacial score (nSPS) is 11.6. The maximum Gasteiger partial charge on any atom is 0.276 e. The zero-order valence-electron chi connectivity index (χ0n) is 13.3. The van der Waals surface area contributed by atoms with Crippen molar-refractivity contribution in [1.82, 2.24) is 4.83 Å². The van der Waals surface area contributed by atoms with Gasteiger partial charge in [0.1, 0.15) is 0 Å². The van der Waals surface area contributed by atoms with E-state index in [2.05, 4.69) is 9.93 Å². The van der Waals surface area contributed by atoms with E-state index in [1.165, 1.54) is 23.9 Å². The Bertz CT molecular complexity index is 875. The van der Waals surface area contributed by atoms with Gasteiger partial charge in [-0.15, -0.1) is 0 Å². The van der Waals surface area contributed by atoms with Gasteiger partial charge in [0, 0.05) is 11.6 Å². The SMILES string of the molecule is CCc1ccc(/C=N\NS(=O)(=O)c2ccc(C)c([N+](=O)[O-])c2)cc1. The highest BCUT2D eigenvalue weighted by Crippen LogP contribution is 2.21. The number of hydrogen-bond donors (Lipinski definition) is 1. The maximum atomic E-state index is 12.2. The molecule has 0 unspecified atom stereocenters. The van der Waals surface area contributed by atoms with E-state index in [0.29, 0.717) is 5.56 Å². The van der Waals surface area contributed by atoms with Crippen molar-refractivity contribution in [3.8, 4) is 0 Å². The van der Waals surface area contributed by atoms with Gasteiger partial charge in [0.2, 0.25) is 0 Å². The molecule has 0 aliphatic rings. The molecule has 0 aromatic heterocycles. The molecule has 0 radical (unpaired) electrons. The van der Waals surface area contributed by atoms with Crippen LogP contribution in [0.25, 0.3) is 0 Å². The summed E-state index contributed by atoms with van der Waals surface area (Å²) in [4.78, 5) is 12.1. The molecule has 2 aromatic carbocycles. The summed E-state index contributed by atoms with van der Waals surface area (Å²) in [7, 11) is -3.97. The van der Waals surface area contributed by atoms with E-state index in [4.69, 9.17) is 0 Å². The van der Waals surface area contributed by atoms with Gasteiger partial charge >= 0.3 is 0 Å². The van der Waals surface area contributed by atoms with E-state index in [0.717, 1.165) is 18.1 Å². The Balaban J connectivity index is 2.17. The standard InChI is InChI=1S/C16H17N3O4S/c1-3-13-5-7-14(8-6-13)11-17-18-24(22,23)15-9-4-12(2)16(10-15)19(20)21/h4-11,18H,3H2,1-2H3/b17-11-. The third-order valence-corrected chi connectivity index (χ3v) is 4.68. The molecule has 1 N–H and O–H groups in total. The minimum absolute atomic E-state index is 0.210. The van der Waals surface area contributed by atoms with Crippen molar-refractivity contribution in [2.75, 3.05) is 0 Å². The highest BCUT2D eigenvalue weighted by Gasteiger charge is 2.19. The predicted octanol–water partition coefficient (Wildman–Crippen LogP) is 2.78. The van der Waals surface area contributed by atoms with Gasteiger partial charge in [0.15, 0.2) is 0 Å². The van der Waals surface area contributed by atoms with Crippen molar-refractivity contribution < 1.29 is 13.3 Å². The smallest absolute Gasteiger partial charge is 0.258 e. The number of nitrogens with one attached hydrogen (secondary N) is 1. The zero-order chi connectivity index (χ0) is 17.7. The average Bonchev–Trinajstić information content (AvgIpc) is 2.55. The molecular weight excluding hydrogens is 330 g/mol. The fourth-order valence-corrected chi connectivity index (χ4v) is 2.83. The molecule has 8 heteroatoms. The van der Waals surface area contributed by atoms with Crippen LogP contribution >= 0.6 is 0 Å². The van der Waals surface area contributed by atoms with Crippen LogP contribution in [0, 0.1) is 17.0 Å². The number of aryl methyl sites for hydroxylation is 2. The first-order valence-electron chi connectivity index (χ1n) is 7.22. The van der Waals surface area contributed by atoms with E-state index in [9.17, 15) is 18.5 Å². The Morgan fingerprint density at radius 2 is 1.88 bits per heavy atom. The molecule has 0 aliphatic carbocycles. The molecule has 2 aromatic rings. The molecule has 7 nitrogen and oxygen atoms in total. The number of hydrazone groups is 1. The van der Waals surface area contributed by atoms with Gasteiger partial charge in [0.25, 0.3) is 15.7 Å². The first kappa shape index (κ1) is 17.6. The first-order chi connectivity index (χ1) is 11.3. The van der Waals surface area contributed by atoms with Crippen LogP contribution in [0.4, 0.5) is 5.69 Å². The van der Waals surface area contributed by atoms with Crippen LogP contribution in [0.5, 0.6) is 0 Å². The molecule has 2 rings (SSSR count). The highest BCUT2D eigenvalue weighted by atomic mass is 32.2. The molecule has 0 spiro atoms. The number of hydrogen-bond acceptors (Lipinski definition) is 5. The van der Waals surface area contributed by atoms with Crippen LogP contribution in [-0.4, -0.2) is 19.6 Å². The van der Waals surface area contributed by atoms with E-state index >= 15 is 0 Å². The van der Waals surface area contributed by atoms with Crippen LogP contribution in [-0.2, 0) is 16.4 Å². The van der Waals surface area contributed by atoms with Crippen LogP contribution < -0.4 is 4.83 Å². The Morgan fingerprint density at radius 3 is 2.46 bits per heavy atom. The maximum absolute atomic E-state index is 12.2. The van der Waals surface area contributed by atoms with Crippen molar-refractivity contribution in [2.45, 2.75) is 25.2 Å². The largest absolute Gasteiger partial charge is 0.276 e. The molecule has 0 aliphatic heterocycles. The minimum Gasteiger partial charge on any atom is -0.258 e.